The smallest absolute Gasteiger partial charge is 0.224 e. The first-order valence-electron chi connectivity index (χ1n) is 6.36. The Bertz CT molecular complexity index is 419. The van der Waals surface area contributed by atoms with Crippen LogP contribution in [0.15, 0.2) is 6.07 Å². The number of rotatable bonds is 2. The number of aryl methyl sites for hydroxylation is 1. The minimum atomic E-state index is 0.148. The van der Waals surface area contributed by atoms with E-state index in [-0.39, 0.29) is 5.41 Å². The van der Waals surface area contributed by atoms with Gasteiger partial charge < -0.3 is 15.0 Å². The van der Waals surface area contributed by atoms with Gasteiger partial charge in [0.15, 0.2) is 0 Å². The molecule has 0 amide bonds. The molecular formula is C13H22N4O. The topological polar surface area (TPSA) is 50.3 Å². The van der Waals surface area contributed by atoms with Gasteiger partial charge in [-0.3, -0.25) is 0 Å². The van der Waals surface area contributed by atoms with E-state index in [1.54, 1.807) is 0 Å². The number of anilines is 2. The van der Waals surface area contributed by atoms with Crippen molar-refractivity contribution in [3.8, 4) is 0 Å². The minimum Gasteiger partial charge on any atom is -0.379 e. The van der Waals surface area contributed by atoms with Crippen molar-refractivity contribution in [2.45, 2.75) is 20.8 Å². The minimum absolute atomic E-state index is 0.148. The van der Waals surface area contributed by atoms with Gasteiger partial charge in [-0.05, 0) is 6.92 Å². The predicted octanol–water partition coefficient (Wildman–Crippen LogP) is 1.69. The summed E-state index contributed by atoms with van der Waals surface area (Å²) in [6.45, 7) is 9.81. The average molecular weight is 250 g/mol. The average Bonchev–Trinajstić information content (AvgIpc) is 2.49. The number of hydrogen-bond donors (Lipinski definition) is 1. The largest absolute Gasteiger partial charge is 0.379 e. The molecule has 18 heavy (non-hydrogen) atoms. The second-order valence-corrected chi connectivity index (χ2v) is 5.58. The Morgan fingerprint density at radius 2 is 2.17 bits per heavy atom. The Hall–Kier alpha value is -1.36. The van der Waals surface area contributed by atoms with Gasteiger partial charge in [0, 0.05) is 37.3 Å². The molecule has 0 radical (unpaired) electrons. The van der Waals surface area contributed by atoms with Crippen LogP contribution in [0.25, 0.3) is 0 Å². The Morgan fingerprint density at radius 1 is 1.39 bits per heavy atom. The molecule has 0 atom stereocenters. The molecule has 1 aliphatic heterocycles. The molecule has 0 saturated carbocycles. The lowest BCUT2D eigenvalue weighted by Crippen LogP contribution is -2.35. The molecule has 1 saturated heterocycles. The number of ether oxygens (including phenoxy) is 1. The third-order valence-electron chi connectivity index (χ3n) is 3.01. The summed E-state index contributed by atoms with van der Waals surface area (Å²) in [6.07, 6.45) is 0. The molecule has 1 fully saturated rings. The molecule has 0 aliphatic carbocycles. The van der Waals surface area contributed by atoms with Crippen molar-refractivity contribution in [3.63, 3.8) is 0 Å². The molecule has 1 aromatic rings. The van der Waals surface area contributed by atoms with Gasteiger partial charge in [0.05, 0.1) is 13.2 Å². The molecule has 0 unspecified atom stereocenters. The molecule has 2 rings (SSSR count). The monoisotopic (exact) mass is 250 g/mol. The zero-order chi connectivity index (χ0) is 13.2. The van der Waals surface area contributed by atoms with Crippen molar-refractivity contribution < 1.29 is 4.74 Å². The summed E-state index contributed by atoms with van der Waals surface area (Å²) in [5, 5.41) is 3.00. The molecule has 5 nitrogen and oxygen atoms in total. The van der Waals surface area contributed by atoms with E-state index in [0.717, 1.165) is 37.8 Å². The Labute approximate surface area is 109 Å². The highest BCUT2D eigenvalue weighted by Crippen LogP contribution is 2.24. The quantitative estimate of drug-likeness (QED) is 0.865. The van der Waals surface area contributed by atoms with Crippen LogP contribution in [-0.4, -0.2) is 43.3 Å². The normalized spacial score (nSPS) is 19.4. The first-order chi connectivity index (χ1) is 8.50. The van der Waals surface area contributed by atoms with Crippen LogP contribution in [0.2, 0.25) is 0 Å². The van der Waals surface area contributed by atoms with Gasteiger partial charge in [0.25, 0.3) is 0 Å². The zero-order valence-corrected chi connectivity index (χ0v) is 11.7. The summed E-state index contributed by atoms with van der Waals surface area (Å²) < 4.78 is 5.65. The Morgan fingerprint density at radius 3 is 2.89 bits per heavy atom. The van der Waals surface area contributed by atoms with Gasteiger partial charge in [-0.25, -0.2) is 4.98 Å². The van der Waals surface area contributed by atoms with E-state index in [9.17, 15) is 0 Å². The fraction of sp³-hybridized carbons (Fsp3) is 0.692. The maximum atomic E-state index is 5.65. The summed E-state index contributed by atoms with van der Waals surface area (Å²) in [4.78, 5) is 11.1. The summed E-state index contributed by atoms with van der Waals surface area (Å²) in [5.41, 5.74) is 1.13. The first-order valence-corrected chi connectivity index (χ1v) is 6.36. The summed E-state index contributed by atoms with van der Waals surface area (Å²) in [7, 11) is 1.84. The van der Waals surface area contributed by atoms with Gasteiger partial charge in [0.1, 0.15) is 5.82 Å². The van der Waals surface area contributed by atoms with Crippen LogP contribution in [-0.2, 0) is 4.74 Å². The lowest BCUT2D eigenvalue weighted by atomic mass is 9.94. The molecule has 1 N–H and O–H groups in total. The molecule has 5 heteroatoms. The van der Waals surface area contributed by atoms with E-state index >= 15 is 0 Å². The van der Waals surface area contributed by atoms with Crippen molar-refractivity contribution in [2.24, 2.45) is 5.41 Å². The fourth-order valence-corrected chi connectivity index (χ4v) is 2.19. The number of nitrogens with one attached hydrogen (secondary N) is 1. The molecule has 0 bridgehead atoms. The molecule has 100 valence electrons. The van der Waals surface area contributed by atoms with Crippen LogP contribution < -0.4 is 10.2 Å². The Balaban J connectivity index is 2.26. The van der Waals surface area contributed by atoms with Crippen LogP contribution >= 0.6 is 0 Å². The van der Waals surface area contributed by atoms with Crippen LogP contribution in [0.3, 0.4) is 0 Å². The van der Waals surface area contributed by atoms with Crippen molar-refractivity contribution >= 4 is 11.8 Å². The third kappa shape index (κ3) is 3.10. The van der Waals surface area contributed by atoms with Crippen LogP contribution in [0.1, 0.15) is 19.5 Å². The van der Waals surface area contributed by atoms with Gasteiger partial charge >= 0.3 is 0 Å². The van der Waals surface area contributed by atoms with Crippen molar-refractivity contribution in [3.05, 3.63) is 11.8 Å². The SMILES string of the molecule is CNc1nc(C)cc(N2CCOCC(C)(C)C2)n1. The van der Waals surface area contributed by atoms with E-state index in [1.807, 2.05) is 20.0 Å². The number of nitrogens with zero attached hydrogens (tertiary/aromatic N) is 3. The standard InChI is InChI=1S/C13H22N4O/c1-10-7-11(16-12(14-4)15-10)17-5-6-18-9-13(2,3)8-17/h7H,5-6,8-9H2,1-4H3,(H,14,15,16). The second-order valence-electron chi connectivity index (χ2n) is 5.58. The van der Waals surface area contributed by atoms with E-state index < -0.39 is 0 Å². The second kappa shape index (κ2) is 5.10. The van der Waals surface area contributed by atoms with Gasteiger partial charge in [0.2, 0.25) is 5.95 Å². The molecule has 2 heterocycles. The molecule has 1 aromatic heterocycles. The zero-order valence-electron chi connectivity index (χ0n) is 11.7. The van der Waals surface area contributed by atoms with E-state index in [4.69, 9.17) is 4.74 Å². The predicted molar refractivity (Wildman–Crippen MR) is 73.1 cm³/mol. The van der Waals surface area contributed by atoms with Crippen molar-refractivity contribution in [2.75, 3.05) is 43.6 Å². The molecule has 0 spiro atoms. The van der Waals surface area contributed by atoms with Crippen LogP contribution in [0.5, 0.6) is 0 Å². The summed E-state index contributed by atoms with van der Waals surface area (Å²) >= 11 is 0. The molecule has 1 aliphatic rings. The maximum absolute atomic E-state index is 5.65. The maximum Gasteiger partial charge on any atom is 0.224 e. The van der Waals surface area contributed by atoms with Crippen molar-refractivity contribution in [1.82, 2.24) is 9.97 Å². The van der Waals surface area contributed by atoms with Gasteiger partial charge in [-0.2, -0.15) is 4.98 Å². The van der Waals surface area contributed by atoms with Crippen molar-refractivity contribution in [1.29, 1.82) is 0 Å². The fourth-order valence-electron chi connectivity index (χ4n) is 2.19. The summed E-state index contributed by atoms with van der Waals surface area (Å²) in [5.74, 6) is 1.65. The summed E-state index contributed by atoms with van der Waals surface area (Å²) in [6, 6.07) is 2.03. The number of aromatic nitrogens is 2. The highest BCUT2D eigenvalue weighted by atomic mass is 16.5. The lowest BCUT2D eigenvalue weighted by Gasteiger charge is -2.29. The van der Waals surface area contributed by atoms with Crippen LogP contribution in [0, 0.1) is 12.3 Å². The van der Waals surface area contributed by atoms with Crippen LogP contribution in [0.4, 0.5) is 11.8 Å². The van der Waals surface area contributed by atoms with E-state index in [2.05, 4.69) is 34.0 Å². The molecule has 0 aromatic carbocycles. The van der Waals surface area contributed by atoms with E-state index in [0.29, 0.717) is 5.95 Å². The third-order valence-corrected chi connectivity index (χ3v) is 3.01. The number of hydrogen-bond acceptors (Lipinski definition) is 5. The van der Waals surface area contributed by atoms with E-state index in [1.165, 1.54) is 0 Å². The van der Waals surface area contributed by atoms with Gasteiger partial charge in [-0.15, -0.1) is 0 Å². The Kier molecular flexibility index (Phi) is 3.71. The highest BCUT2D eigenvalue weighted by Gasteiger charge is 2.26. The lowest BCUT2D eigenvalue weighted by molar-refractivity contribution is 0.0893. The highest BCUT2D eigenvalue weighted by molar-refractivity contribution is 5.45. The first kappa shape index (κ1) is 13.1. The molecular weight excluding hydrogens is 228 g/mol. The van der Waals surface area contributed by atoms with Gasteiger partial charge in [-0.1, -0.05) is 13.8 Å².